The lowest BCUT2D eigenvalue weighted by atomic mass is 9.83. The molecule has 3 aliphatic heterocycles. The van der Waals surface area contributed by atoms with Crippen molar-refractivity contribution in [3.63, 3.8) is 0 Å². The van der Waals surface area contributed by atoms with Gasteiger partial charge in [-0.3, -0.25) is 19.3 Å². The molecule has 8 nitrogen and oxygen atoms in total. The Kier molecular flexibility index (Phi) is 5.54. The number of hydrogen-bond acceptors (Lipinski definition) is 5. The van der Waals surface area contributed by atoms with Crippen molar-refractivity contribution in [2.24, 2.45) is 5.92 Å². The Morgan fingerprint density at radius 3 is 2.72 bits per heavy atom. The summed E-state index contributed by atoms with van der Waals surface area (Å²) < 4.78 is 1.85. The van der Waals surface area contributed by atoms with E-state index in [1.807, 2.05) is 10.6 Å². The first-order chi connectivity index (χ1) is 13.9. The van der Waals surface area contributed by atoms with Gasteiger partial charge in [-0.05, 0) is 37.7 Å². The number of carboxylic acids is 1. The number of Topliss-reactive ketones (excluding diaryl/α,β-unsaturated/α-hetero) is 1. The number of rotatable bonds is 5. The molecule has 1 N–H and O–H groups in total. The Labute approximate surface area is 169 Å². The fourth-order valence-corrected chi connectivity index (χ4v) is 5.19. The van der Waals surface area contributed by atoms with Crippen LogP contribution in [0.2, 0.25) is 0 Å². The second-order valence-electron chi connectivity index (χ2n) is 8.54. The molecule has 2 bridgehead atoms. The molecule has 0 aliphatic carbocycles. The standard InChI is InChI=1S/C21H27N3O5/c25-16(9-20(27)23-7-2-1-4-18(23)21(28)29)13-22-10-14-8-15(12-22)17-5-3-6-19(26)24(17)11-14/h3,5-6,14-15,18H,1-2,4,7-13H2,(H,28,29). The molecular formula is C21H27N3O5. The minimum Gasteiger partial charge on any atom is -0.480 e. The summed E-state index contributed by atoms with van der Waals surface area (Å²) in [5.41, 5.74) is 1.06. The van der Waals surface area contributed by atoms with Gasteiger partial charge >= 0.3 is 5.97 Å². The van der Waals surface area contributed by atoms with E-state index in [2.05, 4.69) is 4.90 Å². The third kappa shape index (κ3) is 4.12. The molecule has 8 heteroatoms. The van der Waals surface area contributed by atoms with E-state index < -0.39 is 12.0 Å². The Bertz CT molecular complexity index is 879. The van der Waals surface area contributed by atoms with Gasteiger partial charge in [-0.1, -0.05) is 6.07 Å². The Morgan fingerprint density at radius 2 is 1.93 bits per heavy atom. The number of nitrogens with zero attached hydrogens (tertiary/aromatic N) is 3. The monoisotopic (exact) mass is 401 g/mol. The molecule has 0 saturated carbocycles. The van der Waals surface area contributed by atoms with Crippen LogP contribution in [0.25, 0.3) is 0 Å². The Morgan fingerprint density at radius 1 is 1.10 bits per heavy atom. The lowest BCUT2D eigenvalue weighted by molar-refractivity contribution is -0.153. The third-order valence-corrected chi connectivity index (χ3v) is 6.41. The Balaban J connectivity index is 1.37. The summed E-state index contributed by atoms with van der Waals surface area (Å²) in [7, 11) is 0. The molecule has 4 heterocycles. The average Bonchev–Trinajstić information content (AvgIpc) is 2.68. The number of carboxylic acid groups (broad SMARTS) is 1. The van der Waals surface area contributed by atoms with Crippen molar-refractivity contribution in [2.45, 2.75) is 50.6 Å². The molecule has 2 fully saturated rings. The van der Waals surface area contributed by atoms with Crippen LogP contribution in [0.4, 0.5) is 0 Å². The van der Waals surface area contributed by atoms with E-state index in [0.29, 0.717) is 32.0 Å². The van der Waals surface area contributed by atoms with E-state index in [1.165, 1.54) is 4.90 Å². The maximum absolute atomic E-state index is 12.6. The normalized spacial score (nSPS) is 26.6. The number of carbonyl (C=O) groups is 3. The van der Waals surface area contributed by atoms with Crippen molar-refractivity contribution < 1.29 is 19.5 Å². The SMILES string of the molecule is O=C(CC(=O)N1CCCCC1C(=O)O)CN1CC2CC(C1)c1cccc(=O)n1C2. The zero-order chi connectivity index (χ0) is 20.5. The number of likely N-dealkylation sites (tertiary alicyclic amines) is 2. The second kappa shape index (κ2) is 8.10. The summed E-state index contributed by atoms with van der Waals surface area (Å²) in [6.45, 7) is 2.70. The van der Waals surface area contributed by atoms with E-state index in [9.17, 15) is 24.3 Å². The summed E-state index contributed by atoms with van der Waals surface area (Å²) in [5.74, 6) is -1.00. The van der Waals surface area contributed by atoms with E-state index in [0.717, 1.165) is 31.5 Å². The van der Waals surface area contributed by atoms with Gasteiger partial charge in [-0.25, -0.2) is 4.79 Å². The van der Waals surface area contributed by atoms with Gasteiger partial charge in [0.2, 0.25) is 5.91 Å². The van der Waals surface area contributed by atoms with E-state index in [4.69, 9.17) is 0 Å². The van der Waals surface area contributed by atoms with Crippen LogP contribution in [-0.4, -0.2) is 69.4 Å². The number of aromatic nitrogens is 1. The minimum absolute atomic E-state index is 0.0295. The number of hydrogen-bond donors (Lipinski definition) is 1. The highest BCUT2D eigenvalue weighted by Crippen LogP contribution is 2.34. The number of piperidine rings is 2. The van der Waals surface area contributed by atoms with Crippen molar-refractivity contribution in [2.75, 3.05) is 26.2 Å². The molecule has 0 spiro atoms. The van der Waals surface area contributed by atoms with Crippen LogP contribution in [0.1, 0.15) is 43.7 Å². The van der Waals surface area contributed by atoms with Crippen molar-refractivity contribution in [3.05, 3.63) is 34.2 Å². The highest BCUT2D eigenvalue weighted by Gasteiger charge is 2.36. The maximum atomic E-state index is 12.6. The third-order valence-electron chi connectivity index (χ3n) is 6.41. The molecule has 0 radical (unpaired) electrons. The van der Waals surface area contributed by atoms with Crippen LogP contribution in [-0.2, 0) is 20.9 Å². The topological polar surface area (TPSA) is 99.9 Å². The molecular weight excluding hydrogens is 374 g/mol. The predicted molar refractivity (Wildman–Crippen MR) is 105 cm³/mol. The van der Waals surface area contributed by atoms with Crippen molar-refractivity contribution in [1.82, 2.24) is 14.4 Å². The quantitative estimate of drug-likeness (QED) is 0.729. The summed E-state index contributed by atoms with van der Waals surface area (Å²) in [6.07, 6.45) is 2.78. The van der Waals surface area contributed by atoms with Gasteiger partial charge in [0.15, 0.2) is 5.78 Å². The van der Waals surface area contributed by atoms with Crippen LogP contribution in [0.15, 0.2) is 23.0 Å². The molecule has 1 aromatic heterocycles. The lowest BCUT2D eigenvalue weighted by Crippen LogP contribution is -2.50. The fourth-order valence-electron chi connectivity index (χ4n) is 5.19. The highest BCUT2D eigenvalue weighted by molar-refractivity contribution is 6.00. The van der Waals surface area contributed by atoms with Crippen LogP contribution < -0.4 is 5.56 Å². The number of amides is 1. The lowest BCUT2D eigenvalue weighted by Gasteiger charge is -2.42. The minimum atomic E-state index is -0.997. The van der Waals surface area contributed by atoms with Gasteiger partial charge in [-0.2, -0.15) is 0 Å². The molecule has 3 unspecified atom stereocenters. The smallest absolute Gasteiger partial charge is 0.326 e. The molecule has 0 aromatic carbocycles. The maximum Gasteiger partial charge on any atom is 0.326 e. The van der Waals surface area contributed by atoms with Crippen LogP contribution >= 0.6 is 0 Å². The summed E-state index contributed by atoms with van der Waals surface area (Å²) in [4.78, 5) is 52.1. The number of ketones is 1. The molecule has 4 rings (SSSR count). The van der Waals surface area contributed by atoms with E-state index in [-0.39, 0.29) is 36.1 Å². The van der Waals surface area contributed by atoms with Crippen LogP contribution in [0, 0.1) is 5.92 Å². The van der Waals surface area contributed by atoms with E-state index >= 15 is 0 Å². The second-order valence-corrected chi connectivity index (χ2v) is 8.54. The predicted octanol–water partition coefficient (Wildman–Crippen LogP) is 0.692. The summed E-state index contributed by atoms with van der Waals surface area (Å²) >= 11 is 0. The van der Waals surface area contributed by atoms with Crippen LogP contribution in [0.3, 0.4) is 0 Å². The number of carbonyl (C=O) groups excluding carboxylic acids is 2. The zero-order valence-electron chi connectivity index (χ0n) is 16.5. The summed E-state index contributed by atoms with van der Waals surface area (Å²) in [6, 6.07) is 4.55. The largest absolute Gasteiger partial charge is 0.480 e. The molecule has 29 heavy (non-hydrogen) atoms. The van der Waals surface area contributed by atoms with E-state index in [1.54, 1.807) is 12.1 Å². The Hall–Kier alpha value is -2.48. The number of fused-ring (bicyclic) bond motifs is 4. The highest BCUT2D eigenvalue weighted by atomic mass is 16.4. The molecule has 3 atom stereocenters. The summed E-state index contributed by atoms with van der Waals surface area (Å²) in [5, 5.41) is 9.33. The molecule has 156 valence electrons. The molecule has 1 amide bonds. The van der Waals surface area contributed by atoms with Crippen LogP contribution in [0.5, 0.6) is 0 Å². The molecule has 2 saturated heterocycles. The van der Waals surface area contributed by atoms with Gasteiger partial charge in [-0.15, -0.1) is 0 Å². The number of aliphatic carboxylic acids is 1. The fraction of sp³-hybridized carbons (Fsp3) is 0.619. The van der Waals surface area contributed by atoms with Crippen molar-refractivity contribution >= 4 is 17.7 Å². The first-order valence-corrected chi connectivity index (χ1v) is 10.4. The van der Waals surface area contributed by atoms with Gasteiger partial charge in [0.1, 0.15) is 6.04 Å². The first-order valence-electron chi connectivity index (χ1n) is 10.4. The van der Waals surface area contributed by atoms with Gasteiger partial charge in [0.05, 0.1) is 13.0 Å². The van der Waals surface area contributed by atoms with Gasteiger partial charge in [0, 0.05) is 43.9 Å². The average molecular weight is 401 g/mol. The van der Waals surface area contributed by atoms with Crippen molar-refractivity contribution in [3.8, 4) is 0 Å². The van der Waals surface area contributed by atoms with Gasteiger partial charge < -0.3 is 14.6 Å². The molecule has 1 aromatic rings. The molecule has 3 aliphatic rings. The first kappa shape index (κ1) is 19.8. The van der Waals surface area contributed by atoms with Gasteiger partial charge in [0.25, 0.3) is 5.56 Å². The number of pyridine rings is 1. The zero-order valence-corrected chi connectivity index (χ0v) is 16.5. The van der Waals surface area contributed by atoms with Crippen molar-refractivity contribution in [1.29, 1.82) is 0 Å².